The van der Waals surface area contributed by atoms with Crippen LogP contribution in [-0.4, -0.2) is 28.1 Å². The van der Waals surface area contributed by atoms with Crippen molar-refractivity contribution in [1.29, 1.82) is 0 Å². The van der Waals surface area contributed by atoms with E-state index in [4.69, 9.17) is 4.52 Å². The van der Waals surface area contributed by atoms with Gasteiger partial charge in [-0.1, -0.05) is 19.0 Å². The van der Waals surface area contributed by atoms with Crippen LogP contribution in [0.2, 0.25) is 0 Å². The number of urea groups is 1. The monoisotopic (exact) mass is 294 g/mol. The number of thiazole rings is 1. The summed E-state index contributed by atoms with van der Waals surface area (Å²) in [6.07, 6.45) is 0. The molecule has 108 valence electrons. The van der Waals surface area contributed by atoms with Crippen molar-refractivity contribution in [2.75, 3.05) is 12.4 Å². The van der Waals surface area contributed by atoms with E-state index in [1.807, 2.05) is 20.8 Å². The number of hydrogen-bond donors (Lipinski definition) is 1. The molecule has 2 aromatic rings. The van der Waals surface area contributed by atoms with E-state index in [-0.39, 0.29) is 11.9 Å². The van der Waals surface area contributed by atoms with Crippen molar-refractivity contribution >= 4 is 23.2 Å². The number of amides is 2. The summed E-state index contributed by atoms with van der Waals surface area (Å²) in [7, 11) is 1.73. The average Bonchev–Trinajstić information content (AvgIpc) is 2.99. The second-order valence-electron chi connectivity index (χ2n) is 4.92. The highest BCUT2D eigenvalue weighted by atomic mass is 32.1. The van der Waals surface area contributed by atoms with Crippen molar-refractivity contribution < 1.29 is 9.32 Å². The third kappa shape index (κ3) is 3.36. The van der Waals surface area contributed by atoms with Crippen molar-refractivity contribution in [3.05, 3.63) is 27.9 Å². The van der Waals surface area contributed by atoms with Gasteiger partial charge in [-0.05, 0) is 6.92 Å². The molecule has 2 heterocycles. The fraction of sp³-hybridized carbons (Fsp3) is 0.462. The third-order valence-electron chi connectivity index (χ3n) is 2.90. The summed E-state index contributed by atoms with van der Waals surface area (Å²) >= 11 is 1.54. The maximum Gasteiger partial charge on any atom is 0.323 e. The molecule has 0 saturated heterocycles. The van der Waals surface area contributed by atoms with Crippen LogP contribution in [0.25, 0.3) is 0 Å². The molecule has 0 atom stereocenters. The predicted molar refractivity (Wildman–Crippen MR) is 77.9 cm³/mol. The van der Waals surface area contributed by atoms with Crippen molar-refractivity contribution in [2.24, 2.45) is 0 Å². The Labute approximate surface area is 121 Å². The first kappa shape index (κ1) is 14.5. The minimum atomic E-state index is -0.221. The van der Waals surface area contributed by atoms with Gasteiger partial charge < -0.3 is 9.42 Å². The molecule has 0 aliphatic heterocycles. The van der Waals surface area contributed by atoms with Crippen LogP contribution in [0.5, 0.6) is 0 Å². The first-order chi connectivity index (χ1) is 9.47. The number of anilines is 1. The van der Waals surface area contributed by atoms with Gasteiger partial charge in [-0.3, -0.25) is 5.32 Å². The first-order valence-electron chi connectivity index (χ1n) is 6.35. The van der Waals surface area contributed by atoms with Crippen molar-refractivity contribution in [3.8, 4) is 0 Å². The molecule has 20 heavy (non-hydrogen) atoms. The molecule has 1 N–H and O–H groups in total. The number of aryl methyl sites for hydroxylation is 1. The largest absolute Gasteiger partial charge is 0.359 e. The first-order valence-corrected chi connectivity index (χ1v) is 7.23. The zero-order chi connectivity index (χ0) is 14.7. The number of carbonyl (C=O) groups is 1. The lowest BCUT2D eigenvalue weighted by atomic mass is 10.2. The lowest BCUT2D eigenvalue weighted by molar-refractivity contribution is 0.220. The molecule has 0 saturated carbocycles. The van der Waals surface area contributed by atoms with Crippen molar-refractivity contribution in [3.63, 3.8) is 0 Å². The lowest BCUT2D eigenvalue weighted by Crippen LogP contribution is -2.30. The smallest absolute Gasteiger partial charge is 0.323 e. The summed E-state index contributed by atoms with van der Waals surface area (Å²) in [5.74, 6) is 1.43. The van der Waals surface area contributed by atoms with Gasteiger partial charge in [0.15, 0.2) is 5.82 Å². The third-order valence-corrected chi connectivity index (χ3v) is 3.82. The highest BCUT2D eigenvalue weighted by Gasteiger charge is 2.15. The molecule has 0 radical (unpaired) electrons. The number of hydrogen-bond acceptors (Lipinski definition) is 5. The fourth-order valence-corrected chi connectivity index (χ4v) is 2.42. The van der Waals surface area contributed by atoms with Crippen LogP contribution >= 0.6 is 11.3 Å². The Bertz CT molecular complexity index is 591. The molecule has 0 aliphatic carbocycles. The standard InChI is InChI=1S/C13H18N4O2S/c1-8(2)10-5-12(16-19-10)15-13(18)17(4)6-11-9(3)14-7-20-11/h5,7-8H,6H2,1-4H3,(H,15,16,18). The quantitative estimate of drug-likeness (QED) is 0.939. The Hall–Kier alpha value is -1.89. The van der Waals surface area contributed by atoms with Crippen LogP contribution in [0.3, 0.4) is 0 Å². The molecule has 6 nitrogen and oxygen atoms in total. The van der Waals surface area contributed by atoms with Gasteiger partial charge in [0, 0.05) is 23.9 Å². The lowest BCUT2D eigenvalue weighted by Gasteiger charge is -2.16. The molecule has 2 rings (SSSR count). The summed E-state index contributed by atoms with van der Waals surface area (Å²) in [5, 5.41) is 6.55. The molecule has 0 aromatic carbocycles. The number of nitrogens with one attached hydrogen (secondary N) is 1. The maximum atomic E-state index is 12.0. The van der Waals surface area contributed by atoms with Gasteiger partial charge in [-0.15, -0.1) is 11.3 Å². The number of rotatable bonds is 4. The van der Waals surface area contributed by atoms with Crippen LogP contribution in [0.15, 0.2) is 16.1 Å². The van der Waals surface area contributed by atoms with Gasteiger partial charge in [0.05, 0.1) is 17.7 Å². The van der Waals surface area contributed by atoms with Gasteiger partial charge in [-0.25, -0.2) is 9.78 Å². The maximum absolute atomic E-state index is 12.0. The summed E-state index contributed by atoms with van der Waals surface area (Å²) < 4.78 is 5.14. The van der Waals surface area contributed by atoms with Gasteiger partial charge in [-0.2, -0.15) is 0 Å². The van der Waals surface area contributed by atoms with E-state index in [2.05, 4.69) is 15.5 Å². The van der Waals surface area contributed by atoms with Crippen LogP contribution in [0.4, 0.5) is 10.6 Å². The van der Waals surface area contributed by atoms with E-state index in [0.717, 1.165) is 16.3 Å². The zero-order valence-electron chi connectivity index (χ0n) is 12.0. The number of nitrogens with zero attached hydrogens (tertiary/aromatic N) is 3. The summed E-state index contributed by atoms with van der Waals surface area (Å²) in [6.45, 7) is 6.47. The number of carbonyl (C=O) groups excluding carboxylic acids is 1. The van der Waals surface area contributed by atoms with Gasteiger partial charge in [0.2, 0.25) is 0 Å². The van der Waals surface area contributed by atoms with E-state index in [0.29, 0.717) is 12.4 Å². The van der Waals surface area contributed by atoms with E-state index in [1.54, 1.807) is 34.9 Å². The summed E-state index contributed by atoms with van der Waals surface area (Å²) in [4.78, 5) is 18.9. The molecule has 0 bridgehead atoms. The highest BCUT2D eigenvalue weighted by molar-refractivity contribution is 7.09. The molecular formula is C13H18N4O2S. The van der Waals surface area contributed by atoms with Gasteiger partial charge in [0.25, 0.3) is 0 Å². The molecule has 0 aliphatic rings. The second-order valence-corrected chi connectivity index (χ2v) is 5.86. The van der Waals surface area contributed by atoms with E-state index >= 15 is 0 Å². The van der Waals surface area contributed by atoms with Gasteiger partial charge >= 0.3 is 6.03 Å². The fourth-order valence-electron chi connectivity index (χ4n) is 1.59. The van der Waals surface area contributed by atoms with Crippen molar-refractivity contribution in [1.82, 2.24) is 15.0 Å². The molecule has 0 spiro atoms. The number of aromatic nitrogens is 2. The molecule has 0 fully saturated rings. The molecule has 2 amide bonds. The average molecular weight is 294 g/mol. The van der Waals surface area contributed by atoms with E-state index < -0.39 is 0 Å². The predicted octanol–water partition coefficient (Wildman–Crippen LogP) is 3.23. The minimum absolute atomic E-state index is 0.221. The van der Waals surface area contributed by atoms with Crippen LogP contribution in [0.1, 0.15) is 36.1 Å². The second kappa shape index (κ2) is 6.04. The summed E-state index contributed by atoms with van der Waals surface area (Å²) in [5.41, 5.74) is 2.74. The zero-order valence-corrected chi connectivity index (χ0v) is 12.8. The van der Waals surface area contributed by atoms with Gasteiger partial charge in [0.1, 0.15) is 5.76 Å². The van der Waals surface area contributed by atoms with E-state index in [1.165, 1.54) is 0 Å². The molecule has 7 heteroatoms. The Morgan fingerprint density at radius 2 is 2.30 bits per heavy atom. The molecular weight excluding hydrogens is 276 g/mol. The van der Waals surface area contributed by atoms with Crippen LogP contribution in [0, 0.1) is 6.92 Å². The van der Waals surface area contributed by atoms with Crippen molar-refractivity contribution in [2.45, 2.75) is 33.2 Å². The minimum Gasteiger partial charge on any atom is -0.359 e. The highest BCUT2D eigenvalue weighted by Crippen LogP contribution is 2.19. The normalized spacial score (nSPS) is 10.8. The van der Waals surface area contributed by atoms with Crippen LogP contribution in [-0.2, 0) is 6.54 Å². The Balaban J connectivity index is 1.95. The topological polar surface area (TPSA) is 71.3 Å². The molecule has 2 aromatic heterocycles. The Morgan fingerprint density at radius 1 is 1.55 bits per heavy atom. The summed E-state index contributed by atoms with van der Waals surface area (Å²) in [6, 6.07) is 1.52. The van der Waals surface area contributed by atoms with Crippen LogP contribution < -0.4 is 5.32 Å². The SMILES string of the molecule is Cc1ncsc1CN(C)C(=O)Nc1cc(C(C)C)on1. The van der Waals surface area contributed by atoms with E-state index in [9.17, 15) is 4.79 Å². The Morgan fingerprint density at radius 3 is 2.85 bits per heavy atom. The molecule has 0 unspecified atom stereocenters. The Kier molecular flexibility index (Phi) is 4.39.